The molecule has 3 aromatic rings. The van der Waals surface area contributed by atoms with Crippen LogP contribution < -0.4 is 0 Å². The summed E-state index contributed by atoms with van der Waals surface area (Å²) in [7, 11) is 0. The van der Waals surface area contributed by atoms with E-state index in [9.17, 15) is 5.26 Å². The number of nitrogens with zero attached hydrogens (tertiary/aromatic N) is 3. The lowest BCUT2D eigenvalue weighted by Crippen LogP contribution is -1.83. The fourth-order valence-corrected chi connectivity index (χ4v) is 3.03. The molecule has 0 saturated carbocycles. The van der Waals surface area contributed by atoms with E-state index in [4.69, 9.17) is 16.9 Å². The number of nitriles is 2. The molecule has 0 unspecified atom stereocenters. The highest BCUT2D eigenvalue weighted by Gasteiger charge is 2.09. The highest BCUT2D eigenvalue weighted by Crippen LogP contribution is 2.28. The standard InChI is InChI=1S/C19H10ClN3S/c20-17-7-5-15(6-8-17)18-12-24-19(23-18)16(11-22)9-13-1-3-14(10-21)4-2-13/h1-9,12H/b16-9+. The van der Waals surface area contributed by atoms with Gasteiger partial charge in [0.05, 0.1) is 22.9 Å². The molecule has 3 rings (SSSR count). The van der Waals surface area contributed by atoms with E-state index in [2.05, 4.69) is 17.1 Å². The molecule has 0 amide bonds. The smallest absolute Gasteiger partial charge is 0.134 e. The van der Waals surface area contributed by atoms with Crippen molar-refractivity contribution in [3.05, 3.63) is 75.1 Å². The molecule has 2 aromatic carbocycles. The predicted molar refractivity (Wildman–Crippen MR) is 97.2 cm³/mol. The van der Waals surface area contributed by atoms with Crippen LogP contribution in [0.1, 0.15) is 16.1 Å². The quantitative estimate of drug-likeness (QED) is 0.596. The van der Waals surface area contributed by atoms with Crippen molar-refractivity contribution in [2.24, 2.45) is 0 Å². The molecule has 24 heavy (non-hydrogen) atoms. The summed E-state index contributed by atoms with van der Waals surface area (Å²) >= 11 is 7.32. The zero-order valence-corrected chi connectivity index (χ0v) is 14.0. The van der Waals surface area contributed by atoms with Crippen molar-refractivity contribution in [1.29, 1.82) is 10.5 Å². The van der Waals surface area contributed by atoms with Gasteiger partial charge in [-0.2, -0.15) is 10.5 Å². The molecular formula is C19H10ClN3S. The largest absolute Gasteiger partial charge is 0.235 e. The van der Waals surface area contributed by atoms with E-state index in [-0.39, 0.29) is 0 Å². The third kappa shape index (κ3) is 3.52. The van der Waals surface area contributed by atoms with Crippen LogP contribution in [0.3, 0.4) is 0 Å². The normalized spacial score (nSPS) is 10.9. The zero-order chi connectivity index (χ0) is 16.9. The first kappa shape index (κ1) is 16.0. The second-order valence-electron chi connectivity index (χ2n) is 4.95. The maximum Gasteiger partial charge on any atom is 0.134 e. The Kier molecular flexibility index (Phi) is 4.72. The van der Waals surface area contributed by atoms with Crippen LogP contribution in [0.5, 0.6) is 0 Å². The number of hydrogen-bond donors (Lipinski definition) is 0. The molecule has 114 valence electrons. The summed E-state index contributed by atoms with van der Waals surface area (Å²) in [4.78, 5) is 4.54. The molecule has 5 heteroatoms. The summed E-state index contributed by atoms with van der Waals surface area (Å²) in [6.07, 6.45) is 1.77. The van der Waals surface area contributed by atoms with Gasteiger partial charge in [0.15, 0.2) is 0 Å². The fraction of sp³-hybridized carbons (Fsp3) is 0. The maximum absolute atomic E-state index is 9.44. The molecule has 0 radical (unpaired) electrons. The van der Waals surface area contributed by atoms with Gasteiger partial charge >= 0.3 is 0 Å². The van der Waals surface area contributed by atoms with Crippen LogP contribution >= 0.6 is 22.9 Å². The monoisotopic (exact) mass is 347 g/mol. The van der Waals surface area contributed by atoms with Crippen molar-refractivity contribution in [3.8, 4) is 23.4 Å². The van der Waals surface area contributed by atoms with Crippen molar-refractivity contribution in [1.82, 2.24) is 4.98 Å². The van der Waals surface area contributed by atoms with E-state index in [0.717, 1.165) is 16.8 Å². The molecule has 1 heterocycles. The first-order valence-corrected chi connectivity index (χ1v) is 8.29. The van der Waals surface area contributed by atoms with E-state index >= 15 is 0 Å². The zero-order valence-electron chi connectivity index (χ0n) is 12.4. The summed E-state index contributed by atoms with van der Waals surface area (Å²) in [5.41, 5.74) is 3.70. The van der Waals surface area contributed by atoms with Crippen LogP contribution in [0.4, 0.5) is 0 Å². The lowest BCUT2D eigenvalue weighted by molar-refractivity contribution is 1.37. The van der Waals surface area contributed by atoms with E-state index in [0.29, 0.717) is 21.2 Å². The van der Waals surface area contributed by atoms with Gasteiger partial charge in [0.25, 0.3) is 0 Å². The highest BCUT2D eigenvalue weighted by molar-refractivity contribution is 7.11. The molecule has 0 fully saturated rings. The minimum absolute atomic E-state index is 0.491. The highest BCUT2D eigenvalue weighted by atomic mass is 35.5. The second kappa shape index (κ2) is 7.10. The maximum atomic E-state index is 9.44. The first-order chi connectivity index (χ1) is 11.7. The average molecular weight is 348 g/mol. The minimum Gasteiger partial charge on any atom is -0.235 e. The first-order valence-electron chi connectivity index (χ1n) is 7.03. The lowest BCUT2D eigenvalue weighted by Gasteiger charge is -1.97. The topological polar surface area (TPSA) is 60.5 Å². The van der Waals surface area contributed by atoms with E-state index in [1.807, 2.05) is 41.8 Å². The number of halogens is 1. The van der Waals surface area contributed by atoms with Crippen molar-refractivity contribution in [2.75, 3.05) is 0 Å². The number of hydrogen-bond acceptors (Lipinski definition) is 4. The molecule has 0 bridgehead atoms. The fourth-order valence-electron chi connectivity index (χ4n) is 2.11. The van der Waals surface area contributed by atoms with Gasteiger partial charge in [-0.1, -0.05) is 35.9 Å². The Morgan fingerprint density at radius 1 is 1.04 bits per heavy atom. The molecule has 0 atom stereocenters. The van der Waals surface area contributed by atoms with E-state index in [1.165, 1.54) is 11.3 Å². The third-order valence-corrected chi connectivity index (χ3v) is 4.47. The summed E-state index contributed by atoms with van der Waals surface area (Å²) in [5, 5.41) is 21.5. The molecule has 3 nitrogen and oxygen atoms in total. The summed E-state index contributed by atoms with van der Waals surface area (Å²) < 4.78 is 0. The van der Waals surface area contributed by atoms with Crippen LogP contribution in [-0.2, 0) is 0 Å². The van der Waals surface area contributed by atoms with Crippen LogP contribution in [-0.4, -0.2) is 4.98 Å². The van der Waals surface area contributed by atoms with Crippen LogP contribution in [0.25, 0.3) is 22.9 Å². The molecule has 0 spiro atoms. The van der Waals surface area contributed by atoms with Crippen molar-refractivity contribution < 1.29 is 0 Å². The summed E-state index contributed by atoms with van der Waals surface area (Å²) in [6.45, 7) is 0. The van der Waals surface area contributed by atoms with Crippen molar-refractivity contribution in [3.63, 3.8) is 0 Å². The number of rotatable bonds is 3. The average Bonchev–Trinajstić information content (AvgIpc) is 3.10. The second-order valence-corrected chi connectivity index (χ2v) is 6.24. The summed E-state index contributed by atoms with van der Waals surface area (Å²) in [5.74, 6) is 0. The predicted octanol–water partition coefficient (Wildman–Crippen LogP) is 5.40. The Morgan fingerprint density at radius 3 is 2.38 bits per heavy atom. The van der Waals surface area contributed by atoms with Gasteiger partial charge in [-0.05, 0) is 35.9 Å². The Balaban J connectivity index is 1.91. The van der Waals surface area contributed by atoms with Crippen LogP contribution in [0.2, 0.25) is 5.02 Å². The van der Waals surface area contributed by atoms with Gasteiger partial charge in [-0.3, -0.25) is 0 Å². The molecule has 0 aliphatic heterocycles. The van der Waals surface area contributed by atoms with Crippen LogP contribution in [0, 0.1) is 22.7 Å². The lowest BCUT2D eigenvalue weighted by atomic mass is 10.1. The Bertz CT molecular complexity index is 971. The number of benzene rings is 2. The van der Waals surface area contributed by atoms with Crippen molar-refractivity contribution >= 4 is 34.6 Å². The summed E-state index contributed by atoms with van der Waals surface area (Å²) in [6, 6.07) is 18.8. The number of thiazole rings is 1. The molecule has 1 aromatic heterocycles. The minimum atomic E-state index is 0.491. The number of aromatic nitrogens is 1. The van der Waals surface area contributed by atoms with Gasteiger partial charge in [-0.25, -0.2) is 4.98 Å². The SMILES string of the molecule is N#C/C(=C\c1ccc(C#N)cc1)c1nc(-c2ccc(Cl)cc2)cs1. The van der Waals surface area contributed by atoms with Gasteiger partial charge in [0.2, 0.25) is 0 Å². The Hall–Kier alpha value is -2.92. The van der Waals surface area contributed by atoms with Crippen LogP contribution in [0.15, 0.2) is 53.9 Å². The van der Waals surface area contributed by atoms with Gasteiger partial charge < -0.3 is 0 Å². The van der Waals surface area contributed by atoms with E-state index < -0.39 is 0 Å². The molecule has 0 N–H and O–H groups in total. The number of allylic oxidation sites excluding steroid dienone is 1. The van der Waals surface area contributed by atoms with Gasteiger partial charge in [0.1, 0.15) is 11.1 Å². The molecule has 0 aliphatic rings. The van der Waals surface area contributed by atoms with Crippen molar-refractivity contribution in [2.45, 2.75) is 0 Å². The molecular weight excluding hydrogens is 338 g/mol. The van der Waals surface area contributed by atoms with Gasteiger partial charge in [-0.15, -0.1) is 11.3 Å². The Labute approximate surface area is 148 Å². The third-order valence-electron chi connectivity index (χ3n) is 3.35. The van der Waals surface area contributed by atoms with Gasteiger partial charge in [0, 0.05) is 16.0 Å². The Morgan fingerprint density at radius 2 is 1.75 bits per heavy atom. The van der Waals surface area contributed by atoms with E-state index in [1.54, 1.807) is 18.2 Å². The molecule has 0 aliphatic carbocycles. The molecule has 0 saturated heterocycles.